The molecule has 0 radical (unpaired) electrons. The number of urea groups is 1. The zero-order valence-electron chi connectivity index (χ0n) is 10.3. The maximum absolute atomic E-state index is 11.7. The molecule has 0 atom stereocenters. The van der Waals surface area contributed by atoms with E-state index in [2.05, 4.69) is 10.3 Å². The fourth-order valence-electron chi connectivity index (χ4n) is 1.31. The quantitative estimate of drug-likeness (QED) is 0.652. The Morgan fingerprint density at radius 1 is 1.47 bits per heavy atom. The average Bonchev–Trinajstić information content (AvgIpc) is 2.70. The maximum Gasteiger partial charge on any atom is 0.323 e. The number of nitrogens with one attached hydrogen (secondary N) is 1. The summed E-state index contributed by atoms with van der Waals surface area (Å²) >= 11 is 1.42. The molecule has 0 aliphatic heterocycles. The van der Waals surface area contributed by atoms with Crippen LogP contribution in [0.15, 0.2) is 6.20 Å². The highest BCUT2D eigenvalue weighted by molar-refractivity contribution is 7.11. The number of carboxylic acids is 1. The number of thiazole rings is 1. The predicted octanol–water partition coefficient (Wildman–Crippen LogP) is -0.467. The van der Waals surface area contributed by atoms with Gasteiger partial charge in [0.05, 0.1) is 11.6 Å². The van der Waals surface area contributed by atoms with Crippen LogP contribution in [0, 0.1) is 6.92 Å². The van der Waals surface area contributed by atoms with Crippen LogP contribution in [0.4, 0.5) is 4.79 Å². The number of aliphatic carboxylic acids is 1. The second-order valence-corrected chi connectivity index (χ2v) is 5.04. The summed E-state index contributed by atoms with van der Waals surface area (Å²) in [5, 5.41) is 12.0. The Labute approximate surface area is 113 Å². The van der Waals surface area contributed by atoms with E-state index in [0.717, 1.165) is 14.8 Å². The number of hydrogen-bond donors (Lipinski definition) is 3. The Hall–Kier alpha value is -2.16. The minimum Gasteiger partial charge on any atom is -0.480 e. The summed E-state index contributed by atoms with van der Waals surface area (Å²) < 4.78 is 0. The van der Waals surface area contributed by atoms with Crippen molar-refractivity contribution >= 4 is 29.2 Å². The number of amides is 3. The fourth-order valence-corrected chi connectivity index (χ4v) is 2.05. The molecule has 9 heteroatoms. The van der Waals surface area contributed by atoms with Crippen LogP contribution in [0.1, 0.15) is 9.88 Å². The first kappa shape index (κ1) is 14.9. The molecule has 0 unspecified atom stereocenters. The third kappa shape index (κ3) is 5.34. The number of aryl methyl sites for hydroxylation is 1. The van der Waals surface area contributed by atoms with Gasteiger partial charge in [-0.1, -0.05) is 0 Å². The SMILES string of the molecule is Cc1ncc(CNC(=O)N(CC(N)=O)CC(=O)O)s1. The summed E-state index contributed by atoms with van der Waals surface area (Å²) in [4.78, 5) is 38.8. The minimum atomic E-state index is -1.22. The summed E-state index contributed by atoms with van der Waals surface area (Å²) in [6.45, 7) is 1.02. The lowest BCUT2D eigenvalue weighted by molar-refractivity contribution is -0.137. The van der Waals surface area contributed by atoms with Crippen molar-refractivity contribution in [2.75, 3.05) is 13.1 Å². The van der Waals surface area contributed by atoms with Gasteiger partial charge in [-0.25, -0.2) is 9.78 Å². The van der Waals surface area contributed by atoms with Gasteiger partial charge in [0.2, 0.25) is 5.91 Å². The molecule has 0 saturated carbocycles. The number of aromatic nitrogens is 1. The Morgan fingerprint density at radius 2 is 2.16 bits per heavy atom. The molecule has 0 aliphatic carbocycles. The van der Waals surface area contributed by atoms with Crippen LogP contribution in [0.2, 0.25) is 0 Å². The van der Waals surface area contributed by atoms with Gasteiger partial charge < -0.3 is 21.1 Å². The molecule has 0 spiro atoms. The molecule has 1 aromatic heterocycles. The maximum atomic E-state index is 11.7. The number of rotatable bonds is 6. The summed E-state index contributed by atoms with van der Waals surface area (Å²) in [6, 6.07) is -0.660. The van der Waals surface area contributed by atoms with E-state index < -0.39 is 31.0 Å². The van der Waals surface area contributed by atoms with Crippen LogP contribution >= 0.6 is 11.3 Å². The van der Waals surface area contributed by atoms with Gasteiger partial charge in [0.15, 0.2) is 0 Å². The third-order valence-corrected chi connectivity index (χ3v) is 2.96. The summed E-state index contributed by atoms with van der Waals surface area (Å²) in [5.41, 5.74) is 4.96. The predicted molar refractivity (Wildman–Crippen MR) is 67.5 cm³/mol. The highest BCUT2D eigenvalue weighted by Crippen LogP contribution is 2.10. The largest absolute Gasteiger partial charge is 0.480 e. The first-order valence-electron chi connectivity index (χ1n) is 5.32. The molecule has 8 nitrogen and oxygen atoms in total. The lowest BCUT2D eigenvalue weighted by Gasteiger charge is -2.19. The zero-order valence-corrected chi connectivity index (χ0v) is 11.1. The van der Waals surface area contributed by atoms with E-state index in [0.29, 0.717) is 0 Å². The second-order valence-electron chi connectivity index (χ2n) is 3.72. The molecule has 1 aromatic rings. The van der Waals surface area contributed by atoms with Gasteiger partial charge in [-0.15, -0.1) is 11.3 Å². The Morgan fingerprint density at radius 3 is 2.63 bits per heavy atom. The molecule has 0 saturated heterocycles. The summed E-state index contributed by atoms with van der Waals surface area (Å²) in [7, 11) is 0. The van der Waals surface area contributed by atoms with Gasteiger partial charge in [0, 0.05) is 11.1 Å². The molecule has 0 fully saturated rings. The van der Waals surface area contributed by atoms with Crippen molar-refractivity contribution in [3.05, 3.63) is 16.1 Å². The monoisotopic (exact) mass is 286 g/mol. The van der Waals surface area contributed by atoms with E-state index in [1.807, 2.05) is 6.92 Å². The average molecular weight is 286 g/mol. The van der Waals surface area contributed by atoms with Crippen molar-refractivity contribution in [1.29, 1.82) is 0 Å². The van der Waals surface area contributed by atoms with Gasteiger partial charge in [-0.3, -0.25) is 9.59 Å². The van der Waals surface area contributed by atoms with Gasteiger partial charge in [-0.05, 0) is 6.92 Å². The van der Waals surface area contributed by atoms with Crippen molar-refractivity contribution in [1.82, 2.24) is 15.2 Å². The van der Waals surface area contributed by atoms with Crippen LogP contribution in [0.3, 0.4) is 0 Å². The second kappa shape index (κ2) is 6.69. The van der Waals surface area contributed by atoms with Crippen molar-refractivity contribution in [3.8, 4) is 0 Å². The van der Waals surface area contributed by atoms with Crippen molar-refractivity contribution in [2.24, 2.45) is 5.73 Å². The lowest BCUT2D eigenvalue weighted by Crippen LogP contribution is -2.46. The van der Waals surface area contributed by atoms with Crippen LogP contribution in [-0.2, 0) is 16.1 Å². The summed E-state index contributed by atoms with van der Waals surface area (Å²) in [6.07, 6.45) is 1.62. The highest BCUT2D eigenvalue weighted by atomic mass is 32.1. The van der Waals surface area contributed by atoms with E-state index in [9.17, 15) is 14.4 Å². The van der Waals surface area contributed by atoms with Gasteiger partial charge in [-0.2, -0.15) is 0 Å². The van der Waals surface area contributed by atoms with Gasteiger partial charge in [0.25, 0.3) is 0 Å². The molecule has 0 bridgehead atoms. The molecule has 104 valence electrons. The van der Waals surface area contributed by atoms with Crippen LogP contribution in [-0.4, -0.2) is 46.0 Å². The van der Waals surface area contributed by atoms with Crippen molar-refractivity contribution < 1.29 is 19.5 Å². The number of nitrogens with zero attached hydrogens (tertiary/aromatic N) is 2. The zero-order chi connectivity index (χ0) is 14.4. The highest BCUT2D eigenvalue weighted by Gasteiger charge is 2.18. The number of carbonyl (C=O) groups is 3. The molecule has 19 heavy (non-hydrogen) atoms. The van der Waals surface area contributed by atoms with E-state index in [4.69, 9.17) is 10.8 Å². The first-order chi connectivity index (χ1) is 8.88. The molecule has 1 heterocycles. The molecule has 0 aromatic carbocycles. The summed E-state index contributed by atoms with van der Waals surface area (Å²) in [5.74, 6) is -1.99. The Balaban J connectivity index is 2.55. The normalized spacial score (nSPS) is 9.95. The number of nitrogens with two attached hydrogens (primary N) is 1. The molecular weight excluding hydrogens is 272 g/mol. The molecule has 1 rings (SSSR count). The Bertz CT molecular complexity index is 472. The van der Waals surface area contributed by atoms with Crippen molar-refractivity contribution in [2.45, 2.75) is 13.5 Å². The van der Waals surface area contributed by atoms with E-state index in [-0.39, 0.29) is 6.54 Å². The van der Waals surface area contributed by atoms with Crippen LogP contribution in [0.25, 0.3) is 0 Å². The topological polar surface area (TPSA) is 126 Å². The number of hydrogen-bond acceptors (Lipinski definition) is 5. The van der Waals surface area contributed by atoms with Gasteiger partial charge in [0.1, 0.15) is 13.1 Å². The number of primary amides is 1. The molecule has 0 aliphatic rings. The smallest absolute Gasteiger partial charge is 0.323 e. The number of carbonyl (C=O) groups excluding carboxylic acids is 2. The molecular formula is C10H14N4O4S. The molecule has 3 amide bonds. The standard InChI is InChI=1S/C10H14N4O4S/c1-6-12-2-7(19-6)3-13-10(18)14(4-8(11)15)5-9(16)17/h2H,3-5H2,1H3,(H2,11,15)(H,13,18)(H,16,17). The van der Waals surface area contributed by atoms with E-state index in [1.54, 1.807) is 6.20 Å². The van der Waals surface area contributed by atoms with Crippen LogP contribution < -0.4 is 11.1 Å². The lowest BCUT2D eigenvalue weighted by atomic mass is 10.4. The minimum absolute atomic E-state index is 0.221. The number of carboxylic acid groups (broad SMARTS) is 1. The van der Waals surface area contributed by atoms with Crippen LogP contribution in [0.5, 0.6) is 0 Å². The van der Waals surface area contributed by atoms with Crippen molar-refractivity contribution in [3.63, 3.8) is 0 Å². The van der Waals surface area contributed by atoms with E-state index in [1.165, 1.54) is 11.3 Å². The fraction of sp³-hybridized carbons (Fsp3) is 0.400. The third-order valence-electron chi connectivity index (χ3n) is 2.04. The first-order valence-corrected chi connectivity index (χ1v) is 6.14. The molecule has 4 N–H and O–H groups in total. The van der Waals surface area contributed by atoms with Gasteiger partial charge >= 0.3 is 12.0 Å². The Kier molecular flexibility index (Phi) is 5.24. The van der Waals surface area contributed by atoms with E-state index >= 15 is 0 Å².